The van der Waals surface area contributed by atoms with Gasteiger partial charge in [0.25, 0.3) is 0 Å². The molecule has 4 rings (SSSR count). The number of allylic oxidation sites excluding steroid dienone is 1. The van der Waals surface area contributed by atoms with Crippen molar-refractivity contribution in [3.8, 4) is 22.5 Å². The molecule has 0 aliphatic rings. The van der Waals surface area contributed by atoms with Crippen molar-refractivity contribution in [1.29, 1.82) is 0 Å². The first kappa shape index (κ1) is 21.0. The van der Waals surface area contributed by atoms with Crippen molar-refractivity contribution in [2.24, 2.45) is 0 Å². The van der Waals surface area contributed by atoms with Crippen LogP contribution >= 0.6 is 15.9 Å². The molecule has 0 spiro atoms. The highest BCUT2D eigenvalue weighted by Crippen LogP contribution is 2.35. The maximum atomic E-state index is 12.0. The Hall–Kier alpha value is -3.26. The van der Waals surface area contributed by atoms with E-state index in [0.717, 1.165) is 57.7 Å². The number of aromatic amines is 1. The largest absolute Gasteiger partial charge is 0.477 e. The second-order valence-electron chi connectivity index (χ2n) is 7.25. The number of nitrogens with zero attached hydrogens (tertiary/aromatic N) is 4. The molecule has 0 atom stereocenters. The molecule has 2 N–H and O–H groups in total. The van der Waals surface area contributed by atoms with Crippen molar-refractivity contribution in [2.75, 3.05) is 0 Å². The summed E-state index contributed by atoms with van der Waals surface area (Å²) in [5.41, 5.74) is 3.92. The summed E-state index contributed by atoms with van der Waals surface area (Å²) in [6.45, 7) is 2.13. The average Bonchev–Trinajstić information content (AvgIpc) is 3.42. The molecule has 0 aliphatic heterocycles. The molecule has 0 saturated heterocycles. The SMILES string of the molecule is CCCCC/C=C(/C(=O)O)n1cc(Br)c2cc(-c3ccccc3-c3nn[nH]n3)ccc21. The number of H-pyrrole nitrogens is 1. The van der Waals surface area contributed by atoms with E-state index in [1.54, 1.807) is 4.57 Å². The van der Waals surface area contributed by atoms with Crippen LogP contribution in [0.2, 0.25) is 0 Å². The Morgan fingerprint density at radius 2 is 2.00 bits per heavy atom. The van der Waals surface area contributed by atoms with Gasteiger partial charge in [-0.05, 0) is 57.2 Å². The molecule has 0 bridgehead atoms. The smallest absolute Gasteiger partial charge is 0.352 e. The Labute approximate surface area is 187 Å². The van der Waals surface area contributed by atoms with Crippen LogP contribution in [-0.2, 0) is 4.79 Å². The quantitative estimate of drug-likeness (QED) is 0.247. The fraction of sp³-hybridized carbons (Fsp3) is 0.217. The van der Waals surface area contributed by atoms with Gasteiger partial charge in [-0.3, -0.25) is 0 Å². The molecule has 0 radical (unpaired) electrons. The predicted molar refractivity (Wildman–Crippen MR) is 124 cm³/mol. The molecule has 31 heavy (non-hydrogen) atoms. The molecule has 0 aliphatic carbocycles. The maximum Gasteiger partial charge on any atom is 0.352 e. The lowest BCUT2D eigenvalue weighted by molar-refractivity contribution is -0.130. The van der Waals surface area contributed by atoms with Crippen molar-refractivity contribution in [3.63, 3.8) is 0 Å². The molecule has 0 amide bonds. The summed E-state index contributed by atoms with van der Waals surface area (Å²) >= 11 is 3.61. The zero-order valence-electron chi connectivity index (χ0n) is 17.0. The summed E-state index contributed by atoms with van der Waals surface area (Å²) in [5, 5.41) is 25.1. The van der Waals surface area contributed by atoms with Gasteiger partial charge in [0, 0.05) is 21.6 Å². The number of rotatable bonds is 8. The summed E-state index contributed by atoms with van der Waals surface area (Å²) in [6.07, 6.45) is 7.53. The van der Waals surface area contributed by atoms with Crippen LogP contribution in [0.3, 0.4) is 0 Å². The van der Waals surface area contributed by atoms with Crippen molar-refractivity contribution < 1.29 is 9.90 Å². The number of hydrogen-bond acceptors (Lipinski definition) is 4. The summed E-state index contributed by atoms with van der Waals surface area (Å²) in [7, 11) is 0. The lowest BCUT2D eigenvalue weighted by Gasteiger charge is -2.09. The van der Waals surface area contributed by atoms with Crippen LogP contribution < -0.4 is 0 Å². The van der Waals surface area contributed by atoms with Crippen LogP contribution in [0.25, 0.3) is 39.1 Å². The standard InChI is InChI=1S/C23H22BrN5O2/c1-2-3-4-5-10-21(23(30)31)29-14-19(24)18-13-15(11-12-20(18)29)16-8-6-7-9-17(16)22-25-27-28-26-22/h6-14H,2-5H2,1H3,(H,30,31)(H,25,26,27,28)/b21-10-. The molecule has 7 nitrogen and oxygen atoms in total. The van der Waals surface area contributed by atoms with Crippen molar-refractivity contribution in [1.82, 2.24) is 25.2 Å². The maximum absolute atomic E-state index is 12.0. The van der Waals surface area contributed by atoms with Gasteiger partial charge in [0.15, 0.2) is 0 Å². The monoisotopic (exact) mass is 479 g/mol. The Morgan fingerprint density at radius 3 is 2.71 bits per heavy atom. The molecule has 158 valence electrons. The molecular formula is C23H22BrN5O2. The third kappa shape index (κ3) is 4.29. The van der Waals surface area contributed by atoms with Gasteiger partial charge in [-0.15, -0.1) is 10.2 Å². The van der Waals surface area contributed by atoms with Crippen LogP contribution in [0.15, 0.2) is 59.2 Å². The van der Waals surface area contributed by atoms with Gasteiger partial charge in [0.2, 0.25) is 5.82 Å². The van der Waals surface area contributed by atoms with Gasteiger partial charge in [-0.1, -0.05) is 56.2 Å². The van der Waals surface area contributed by atoms with Gasteiger partial charge in [0.1, 0.15) is 5.70 Å². The average molecular weight is 480 g/mol. The fourth-order valence-corrected chi connectivity index (χ4v) is 4.21. The van der Waals surface area contributed by atoms with E-state index < -0.39 is 5.97 Å². The van der Waals surface area contributed by atoms with Gasteiger partial charge in [0.05, 0.1) is 5.52 Å². The zero-order chi connectivity index (χ0) is 21.8. The summed E-state index contributed by atoms with van der Waals surface area (Å²) in [6, 6.07) is 13.8. The lowest BCUT2D eigenvalue weighted by atomic mass is 9.98. The summed E-state index contributed by atoms with van der Waals surface area (Å²) < 4.78 is 2.57. The van der Waals surface area contributed by atoms with Crippen LogP contribution in [0, 0.1) is 0 Å². The first-order chi connectivity index (χ1) is 15.1. The van der Waals surface area contributed by atoms with E-state index in [-0.39, 0.29) is 5.70 Å². The number of benzene rings is 2. The highest BCUT2D eigenvalue weighted by atomic mass is 79.9. The molecule has 8 heteroatoms. The number of carbonyl (C=O) groups is 1. The first-order valence-electron chi connectivity index (χ1n) is 10.2. The lowest BCUT2D eigenvalue weighted by Crippen LogP contribution is -2.07. The Balaban J connectivity index is 1.78. The Morgan fingerprint density at radius 1 is 1.19 bits per heavy atom. The third-order valence-corrected chi connectivity index (χ3v) is 5.84. The summed E-state index contributed by atoms with van der Waals surface area (Å²) in [5.74, 6) is -0.414. The van der Waals surface area contributed by atoms with E-state index in [0.29, 0.717) is 5.82 Å². The molecule has 2 aromatic heterocycles. The second kappa shape index (κ2) is 9.26. The minimum absolute atomic E-state index is 0.270. The zero-order valence-corrected chi connectivity index (χ0v) is 18.6. The van der Waals surface area contributed by atoms with Gasteiger partial charge in [-0.2, -0.15) is 5.21 Å². The van der Waals surface area contributed by atoms with Gasteiger partial charge in [-0.25, -0.2) is 4.79 Å². The van der Waals surface area contributed by atoms with Gasteiger partial charge < -0.3 is 9.67 Å². The number of carboxylic acids is 1. The number of halogens is 1. The highest BCUT2D eigenvalue weighted by Gasteiger charge is 2.17. The molecule has 4 aromatic rings. The highest BCUT2D eigenvalue weighted by molar-refractivity contribution is 9.10. The number of aromatic nitrogens is 5. The molecule has 0 fully saturated rings. The van der Waals surface area contributed by atoms with E-state index in [9.17, 15) is 9.90 Å². The molecule has 0 saturated carbocycles. The first-order valence-corrected chi connectivity index (χ1v) is 11.0. The van der Waals surface area contributed by atoms with Crippen molar-refractivity contribution in [2.45, 2.75) is 32.6 Å². The number of unbranched alkanes of at least 4 members (excludes halogenated alkanes) is 3. The molecule has 2 aromatic carbocycles. The van der Waals surface area contributed by atoms with Crippen LogP contribution in [0.4, 0.5) is 0 Å². The van der Waals surface area contributed by atoms with E-state index in [2.05, 4.69) is 43.5 Å². The van der Waals surface area contributed by atoms with Gasteiger partial charge >= 0.3 is 5.97 Å². The van der Waals surface area contributed by atoms with E-state index >= 15 is 0 Å². The fourth-order valence-electron chi connectivity index (χ4n) is 3.68. The normalized spacial score (nSPS) is 11.9. The number of nitrogens with one attached hydrogen (secondary N) is 1. The predicted octanol–water partition coefficient (Wildman–Crippen LogP) is 5.76. The number of carboxylic acid groups (broad SMARTS) is 1. The topological polar surface area (TPSA) is 96.7 Å². The minimum Gasteiger partial charge on any atom is -0.477 e. The summed E-state index contributed by atoms with van der Waals surface area (Å²) in [4.78, 5) is 12.0. The number of tetrazole rings is 1. The molecule has 2 heterocycles. The second-order valence-corrected chi connectivity index (χ2v) is 8.10. The van der Waals surface area contributed by atoms with Crippen LogP contribution in [0.5, 0.6) is 0 Å². The number of aliphatic carboxylic acids is 1. The van der Waals surface area contributed by atoms with E-state index in [1.165, 1.54) is 0 Å². The van der Waals surface area contributed by atoms with E-state index in [4.69, 9.17) is 0 Å². The van der Waals surface area contributed by atoms with Crippen molar-refractivity contribution in [3.05, 3.63) is 59.2 Å². The number of hydrogen-bond donors (Lipinski definition) is 2. The third-order valence-electron chi connectivity index (χ3n) is 5.20. The minimum atomic E-state index is -0.938. The van der Waals surface area contributed by atoms with E-state index in [1.807, 2.05) is 54.7 Å². The Bertz CT molecular complexity index is 1240. The van der Waals surface area contributed by atoms with Crippen LogP contribution in [-0.4, -0.2) is 36.3 Å². The Kier molecular flexibility index (Phi) is 6.27. The number of fused-ring (bicyclic) bond motifs is 1. The van der Waals surface area contributed by atoms with Crippen LogP contribution in [0.1, 0.15) is 32.6 Å². The molecule has 0 unspecified atom stereocenters. The molecular weight excluding hydrogens is 458 g/mol. The van der Waals surface area contributed by atoms with Crippen molar-refractivity contribution >= 4 is 38.5 Å².